The van der Waals surface area contributed by atoms with Gasteiger partial charge in [-0.15, -0.1) is 0 Å². The van der Waals surface area contributed by atoms with E-state index in [1.54, 1.807) is 13.3 Å². The van der Waals surface area contributed by atoms with Gasteiger partial charge in [0.25, 0.3) is 0 Å². The largest absolute Gasteiger partial charge is 0.497 e. The molecule has 4 heterocycles. The first-order chi connectivity index (χ1) is 20.1. The van der Waals surface area contributed by atoms with Crippen molar-refractivity contribution >= 4 is 27.6 Å². The number of nitrogens with one attached hydrogen (secondary N) is 1. The summed E-state index contributed by atoms with van der Waals surface area (Å²) in [7, 11) is 1.65. The van der Waals surface area contributed by atoms with Crippen LogP contribution in [0.3, 0.4) is 0 Å². The highest BCUT2D eigenvalue weighted by molar-refractivity contribution is 5.92. The lowest BCUT2D eigenvalue weighted by molar-refractivity contribution is 0.295. The number of rotatable bonds is 10. The summed E-state index contributed by atoms with van der Waals surface area (Å²) in [5, 5.41) is 5.31. The van der Waals surface area contributed by atoms with Crippen LogP contribution in [-0.4, -0.2) is 33.2 Å². The number of anilines is 1. The third-order valence-electron chi connectivity index (χ3n) is 6.88. The zero-order valence-corrected chi connectivity index (χ0v) is 22.7. The summed E-state index contributed by atoms with van der Waals surface area (Å²) in [6.45, 7) is 0.436. The molecule has 1 unspecified atom stereocenters. The number of methoxy groups -OCH3 is 1. The Morgan fingerprint density at radius 3 is 2.54 bits per heavy atom. The van der Waals surface area contributed by atoms with Gasteiger partial charge in [0, 0.05) is 41.0 Å². The second kappa shape index (κ2) is 12.0. The first kappa shape index (κ1) is 26.2. The Labute approximate surface area is 238 Å². The van der Waals surface area contributed by atoms with Gasteiger partial charge in [-0.1, -0.05) is 30.3 Å². The van der Waals surface area contributed by atoms with Crippen LogP contribution in [0.4, 0.5) is 5.82 Å². The molecule has 0 aliphatic heterocycles. The van der Waals surface area contributed by atoms with E-state index < -0.39 is 0 Å². The van der Waals surface area contributed by atoms with Gasteiger partial charge >= 0.3 is 0 Å². The number of nitrogens with zero attached hydrogens (tertiary/aromatic N) is 4. The highest BCUT2D eigenvalue weighted by Gasteiger charge is 2.14. The molecule has 8 nitrogen and oxygen atoms in total. The number of hydrogen-bond acceptors (Lipinski definition) is 8. The Bertz CT molecular complexity index is 1780. The SMILES string of the molecule is COc1ccc(-c2cc3nc(OCc4ccccc4)ccc3c(NC(N)CCc3cnc4ccncc4c3)n2)cc1. The van der Waals surface area contributed by atoms with Crippen LogP contribution in [0.25, 0.3) is 33.1 Å². The molecule has 0 spiro atoms. The topological polar surface area (TPSA) is 108 Å². The fourth-order valence-corrected chi connectivity index (χ4v) is 4.66. The van der Waals surface area contributed by atoms with Gasteiger partial charge in [-0.05, 0) is 72.5 Å². The van der Waals surface area contributed by atoms with Gasteiger partial charge in [0.05, 0.1) is 30.0 Å². The van der Waals surface area contributed by atoms with E-state index in [2.05, 4.69) is 21.4 Å². The van der Waals surface area contributed by atoms with Gasteiger partial charge in [0.1, 0.15) is 18.2 Å². The maximum atomic E-state index is 6.58. The van der Waals surface area contributed by atoms with Crippen LogP contribution in [0.1, 0.15) is 17.5 Å². The van der Waals surface area contributed by atoms with Crippen molar-refractivity contribution in [1.82, 2.24) is 19.9 Å². The summed E-state index contributed by atoms with van der Waals surface area (Å²) in [4.78, 5) is 18.5. The molecule has 2 aromatic carbocycles. The van der Waals surface area contributed by atoms with Crippen molar-refractivity contribution < 1.29 is 9.47 Å². The zero-order valence-electron chi connectivity index (χ0n) is 22.7. The van der Waals surface area contributed by atoms with Crippen LogP contribution in [0.2, 0.25) is 0 Å². The number of aryl methyl sites for hydroxylation is 1. The van der Waals surface area contributed by atoms with Gasteiger partial charge in [-0.3, -0.25) is 9.97 Å². The first-order valence-corrected chi connectivity index (χ1v) is 13.5. The predicted octanol–water partition coefficient (Wildman–Crippen LogP) is 6.16. The van der Waals surface area contributed by atoms with E-state index in [1.165, 1.54) is 0 Å². The van der Waals surface area contributed by atoms with E-state index in [1.807, 2.05) is 91.3 Å². The van der Waals surface area contributed by atoms with Crippen molar-refractivity contribution in [2.24, 2.45) is 5.73 Å². The number of nitrogens with two attached hydrogens (primary N) is 1. The molecular formula is C33H30N6O2. The standard InChI is InChI=1S/C33H30N6O2/c1-40-26-10-8-24(9-11-26)29-18-30-27(12-14-32(37-30)41-21-22-5-3-2-4-6-22)33(38-29)39-31(34)13-7-23-17-25-20-35-16-15-28(25)36-19-23/h2-6,8-12,14-20,31H,7,13,21,34H2,1H3,(H,38,39). The third kappa shape index (κ3) is 6.23. The van der Waals surface area contributed by atoms with E-state index in [4.69, 9.17) is 25.2 Å². The van der Waals surface area contributed by atoms with Crippen LogP contribution in [0.15, 0.2) is 104 Å². The van der Waals surface area contributed by atoms with Crippen molar-refractivity contribution in [3.05, 3.63) is 115 Å². The minimum Gasteiger partial charge on any atom is -0.497 e. The Hall–Kier alpha value is -5.08. The number of hydrogen-bond donors (Lipinski definition) is 2. The van der Waals surface area contributed by atoms with Crippen LogP contribution < -0.4 is 20.5 Å². The molecule has 0 bridgehead atoms. The quantitative estimate of drug-likeness (QED) is 0.198. The maximum absolute atomic E-state index is 6.58. The fourth-order valence-electron chi connectivity index (χ4n) is 4.66. The molecule has 0 amide bonds. The van der Waals surface area contributed by atoms with E-state index in [-0.39, 0.29) is 6.17 Å². The Morgan fingerprint density at radius 2 is 1.71 bits per heavy atom. The number of pyridine rings is 4. The average molecular weight is 543 g/mol. The van der Waals surface area contributed by atoms with Gasteiger partial charge < -0.3 is 20.5 Å². The van der Waals surface area contributed by atoms with Crippen LogP contribution in [-0.2, 0) is 13.0 Å². The van der Waals surface area contributed by atoms with Crippen molar-refractivity contribution in [1.29, 1.82) is 0 Å². The molecule has 0 radical (unpaired) electrons. The number of benzene rings is 2. The second-order valence-corrected chi connectivity index (χ2v) is 9.78. The highest BCUT2D eigenvalue weighted by Crippen LogP contribution is 2.30. The average Bonchev–Trinajstić information content (AvgIpc) is 3.03. The minimum atomic E-state index is -0.338. The lowest BCUT2D eigenvalue weighted by Crippen LogP contribution is -2.30. The van der Waals surface area contributed by atoms with Crippen molar-refractivity contribution in [2.75, 3.05) is 12.4 Å². The lowest BCUT2D eigenvalue weighted by Gasteiger charge is -2.18. The molecule has 8 heteroatoms. The minimum absolute atomic E-state index is 0.338. The zero-order chi connectivity index (χ0) is 28.0. The maximum Gasteiger partial charge on any atom is 0.214 e. The fraction of sp³-hybridized carbons (Fsp3) is 0.152. The summed E-state index contributed by atoms with van der Waals surface area (Å²) in [5.41, 5.74) is 12.2. The molecule has 6 rings (SSSR count). The number of ether oxygens (including phenoxy) is 2. The normalized spacial score (nSPS) is 11.9. The third-order valence-corrected chi connectivity index (χ3v) is 6.88. The molecule has 4 aromatic heterocycles. The van der Waals surface area contributed by atoms with Gasteiger partial charge in [0.15, 0.2) is 0 Å². The highest BCUT2D eigenvalue weighted by atomic mass is 16.5. The summed E-state index contributed by atoms with van der Waals surface area (Å²) >= 11 is 0. The molecular weight excluding hydrogens is 512 g/mol. The Morgan fingerprint density at radius 1 is 0.854 bits per heavy atom. The molecule has 0 saturated heterocycles. The van der Waals surface area contributed by atoms with E-state index >= 15 is 0 Å². The lowest BCUT2D eigenvalue weighted by atomic mass is 10.1. The summed E-state index contributed by atoms with van der Waals surface area (Å²) in [6.07, 6.45) is 6.59. The van der Waals surface area contributed by atoms with Crippen LogP contribution in [0.5, 0.6) is 11.6 Å². The van der Waals surface area contributed by atoms with Crippen LogP contribution >= 0.6 is 0 Å². The second-order valence-electron chi connectivity index (χ2n) is 9.78. The van der Waals surface area contributed by atoms with E-state index in [0.29, 0.717) is 24.7 Å². The van der Waals surface area contributed by atoms with Gasteiger partial charge in [-0.2, -0.15) is 0 Å². The molecule has 204 valence electrons. The first-order valence-electron chi connectivity index (χ1n) is 13.5. The van der Waals surface area contributed by atoms with Crippen LogP contribution in [0, 0.1) is 0 Å². The van der Waals surface area contributed by atoms with E-state index in [0.717, 1.165) is 56.4 Å². The van der Waals surface area contributed by atoms with Crippen molar-refractivity contribution in [2.45, 2.75) is 25.6 Å². The van der Waals surface area contributed by atoms with Crippen molar-refractivity contribution in [3.63, 3.8) is 0 Å². The van der Waals surface area contributed by atoms with Gasteiger partial charge in [0.2, 0.25) is 5.88 Å². The van der Waals surface area contributed by atoms with Gasteiger partial charge in [-0.25, -0.2) is 9.97 Å². The smallest absolute Gasteiger partial charge is 0.214 e. The summed E-state index contributed by atoms with van der Waals surface area (Å²) in [6, 6.07) is 27.7. The number of aromatic nitrogens is 4. The Kier molecular flexibility index (Phi) is 7.64. The molecule has 6 aromatic rings. The summed E-state index contributed by atoms with van der Waals surface area (Å²) < 4.78 is 11.3. The number of fused-ring (bicyclic) bond motifs is 2. The molecule has 0 fully saturated rings. The molecule has 1 atom stereocenters. The van der Waals surface area contributed by atoms with Crippen molar-refractivity contribution in [3.8, 4) is 22.9 Å². The molecule has 0 saturated carbocycles. The monoisotopic (exact) mass is 542 g/mol. The summed E-state index contributed by atoms with van der Waals surface area (Å²) in [5.74, 6) is 1.99. The molecule has 3 N–H and O–H groups in total. The predicted molar refractivity (Wildman–Crippen MR) is 162 cm³/mol. The molecule has 0 aliphatic carbocycles. The molecule has 41 heavy (non-hydrogen) atoms. The molecule has 0 aliphatic rings. The van der Waals surface area contributed by atoms with E-state index in [9.17, 15) is 0 Å². The Balaban J connectivity index is 1.26.